The highest BCUT2D eigenvalue weighted by atomic mass is 79.9. The van der Waals surface area contributed by atoms with E-state index < -0.39 is 0 Å². The van der Waals surface area contributed by atoms with E-state index in [1.165, 1.54) is 11.8 Å². The van der Waals surface area contributed by atoms with Crippen molar-refractivity contribution in [2.24, 2.45) is 5.10 Å². The highest BCUT2D eigenvalue weighted by Crippen LogP contribution is 2.36. The van der Waals surface area contributed by atoms with E-state index in [9.17, 15) is 4.79 Å². The maximum Gasteiger partial charge on any atom is 0.250 e. The molecule has 6 nitrogen and oxygen atoms in total. The molecule has 1 aromatic heterocycles. The zero-order valence-corrected chi connectivity index (χ0v) is 16.5. The van der Waals surface area contributed by atoms with Crippen LogP contribution in [-0.4, -0.2) is 29.7 Å². The lowest BCUT2D eigenvalue weighted by molar-refractivity contribution is -0.118. The molecule has 1 N–H and O–H groups in total. The van der Waals surface area contributed by atoms with Crippen LogP contribution in [0.25, 0.3) is 10.2 Å². The Hall–Kier alpha value is -2.10. The van der Waals surface area contributed by atoms with Crippen molar-refractivity contribution in [1.82, 2.24) is 10.4 Å². The summed E-state index contributed by atoms with van der Waals surface area (Å²) in [7, 11) is 0. The predicted molar refractivity (Wildman–Crippen MR) is 106 cm³/mol. The summed E-state index contributed by atoms with van der Waals surface area (Å²) in [5, 5.41) is 4.00. The van der Waals surface area contributed by atoms with E-state index in [-0.39, 0.29) is 18.5 Å². The van der Waals surface area contributed by atoms with Gasteiger partial charge < -0.3 is 9.47 Å². The number of aromatic nitrogens is 1. The third-order valence-corrected chi connectivity index (χ3v) is 6.35. The lowest BCUT2D eigenvalue weighted by Crippen LogP contribution is -2.19. The molecule has 0 bridgehead atoms. The fourth-order valence-corrected chi connectivity index (χ4v) is 4.56. The van der Waals surface area contributed by atoms with Crippen LogP contribution in [0, 0.1) is 0 Å². The van der Waals surface area contributed by atoms with Crippen molar-refractivity contribution >= 4 is 61.4 Å². The maximum absolute atomic E-state index is 12.0. The van der Waals surface area contributed by atoms with Gasteiger partial charge in [-0.1, -0.05) is 23.9 Å². The van der Waals surface area contributed by atoms with E-state index in [0.717, 1.165) is 24.6 Å². The van der Waals surface area contributed by atoms with Gasteiger partial charge >= 0.3 is 0 Å². The first kappa shape index (κ1) is 17.3. The van der Waals surface area contributed by atoms with Gasteiger partial charge in [0, 0.05) is 10.0 Å². The Kier molecular flexibility index (Phi) is 5.09. The lowest BCUT2D eigenvalue weighted by atomic mass is 10.2. The number of amides is 1. The summed E-state index contributed by atoms with van der Waals surface area (Å²) in [5.41, 5.74) is 4.26. The molecule has 1 aliphatic heterocycles. The van der Waals surface area contributed by atoms with E-state index >= 15 is 0 Å². The summed E-state index contributed by atoms with van der Waals surface area (Å²) in [6.45, 7) is 0.210. The molecule has 132 valence electrons. The number of hydrazone groups is 1. The van der Waals surface area contributed by atoms with Crippen LogP contribution in [-0.2, 0) is 4.79 Å². The first-order valence-corrected chi connectivity index (χ1v) is 10.2. The molecule has 1 aliphatic rings. The topological polar surface area (TPSA) is 72.8 Å². The van der Waals surface area contributed by atoms with Crippen LogP contribution in [0.5, 0.6) is 11.5 Å². The Labute approximate surface area is 165 Å². The number of nitrogens with one attached hydrogen (secondary N) is 1. The minimum absolute atomic E-state index is 0.192. The number of thioether (sulfide) groups is 1. The largest absolute Gasteiger partial charge is 0.454 e. The molecule has 3 aromatic rings. The second-order valence-electron chi connectivity index (χ2n) is 5.26. The van der Waals surface area contributed by atoms with Gasteiger partial charge in [0.1, 0.15) is 0 Å². The van der Waals surface area contributed by atoms with Gasteiger partial charge in [0.25, 0.3) is 5.91 Å². The van der Waals surface area contributed by atoms with Crippen molar-refractivity contribution in [3.8, 4) is 11.5 Å². The molecule has 4 rings (SSSR count). The van der Waals surface area contributed by atoms with E-state index in [4.69, 9.17) is 9.47 Å². The Morgan fingerprint density at radius 3 is 3.00 bits per heavy atom. The number of thiazole rings is 1. The number of para-hydroxylation sites is 1. The lowest BCUT2D eigenvalue weighted by Gasteiger charge is -2.02. The third kappa shape index (κ3) is 3.84. The van der Waals surface area contributed by atoms with Crippen LogP contribution in [0.4, 0.5) is 0 Å². The third-order valence-electron chi connectivity index (χ3n) is 3.49. The Bertz CT molecular complexity index is 973. The van der Waals surface area contributed by atoms with Crippen LogP contribution in [0.2, 0.25) is 0 Å². The Morgan fingerprint density at radius 2 is 2.15 bits per heavy atom. The number of ether oxygens (including phenoxy) is 2. The van der Waals surface area contributed by atoms with Crippen LogP contribution in [0.15, 0.2) is 50.3 Å². The van der Waals surface area contributed by atoms with Gasteiger partial charge in [0.15, 0.2) is 15.8 Å². The highest BCUT2D eigenvalue weighted by molar-refractivity contribution is 9.10. The van der Waals surface area contributed by atoms with Crippen molar-refractivity contribution in [2.75, 3.05) is 12.5 Å². The van der Waals surface area contributed by atoms with Gasteiger partial charge in [-0.25, -0.2) is 10.4 Å². The van der Waals surface area contributed by atoms with Gasteiger partial charge in [0.2, 0.25) is 6.79 Å². The van der Waals surface area contributed by atoms with Crippen molar-refractivity contribution in [3.63, 3.8) is 0 Å². The SMILES string of the molecule is O=C(CSc1nc2ccccc2s1)N/N=C\c1cc2c(cc1Br)OCO2. The van der Waals surface area contributed by atoms with Crippen LogP contribution < -0.4 is 14.9 Å². The number of carbonyl (C=O) groups is 1. The molecule has 0 atom stereocenters. The predicted octanol–water partition coefficient (Wildman–Crippen LogP) is 4.03. The van der Waals surface area contributed by atoms with Gasteiger partial charge in [-0.2, -0.15) is 5.10 Å². The molecule has 2 heterocycles. The van der Waals surface area contributed by atoms with Crippen molar-refractivity contribution < 1.29 is 14.3 Å². The number of nitrogens with zero attached hydrogens (tertiary/aromatic N) is 2. The van der Waals surface area contributed by atoms with Gasteiger partial charge in [-0.15, -0.1) is 11.3 Å². The van der Waals surface area contributed by atoms with Crippen molar-refractivity contribution in [2.45, 2.75) is 4.34 Å². The molecule has 0 spiro atoms. The minimum Gasteiger partial charge on any atom is -0.454 e. The molecule has 1 amide bonds. The number of hydrogen-bond acceptors (Lipinski definition) is 7. The van der Waals surface area contributed by atoms with Crippen LogP contribution >= 0.6 is 39.0 Å². The quantitative estimate of drug-likeness (QED) is 0.361. The number of carbonyl (C=O) groups excluding carboxylic acids is 1. The number of benzene rings is 2. The molecule has 2 aromatic carbocycles. The fourth-order valence-electron chi connectivity index (χ4n) is 2.28. The second kappa shape index (κ2) is 7.65. The maximum atomic E-state index is 12.0. The van der Waals surface area contributed by atoms with Gasteiger partial charge in [-0.3, -0.25) is 4.79 Å². The molecular weight excluding hydrogens is 438 g/mol. The smallest absolute Gasteiger partial charge is 0.250 e. The average molecular weight is 450 g/mol. The number of halogens is 1. The van der Waals surface area contributed by atoms with E-state index in [1.807, 2.05) is 30.3 Å². The zero-order valence-electron chi connectivity index (χ0n) is 13.3. The summed E-state index contributed by atoms with van der Waals surface area (Å²) in [6, 6.07) is 11.5. The molecule has 0 fully saturated rings. The van der Waals surface area contributed by atoms with E-state index in [1.54, 1.807) is 23.6 Å². The zero-order chi connectivity index (χ0) is 17.9. The first-order valence-electron chi connectivity index (χ1n) is 7.58. The summed E-state index contributed by atoms with van der Waals surface area (Å²) >= 11 is 6.42. The molecule has 0 saturated carbocycles. The van der Waals surface area contributed by atoms with Crippen molar-refractivity contribution in [3.05, 3.63) is 46.4 Å². The molecule has 0 radical (unpaired) electrons. The first-order chi connectivity index (χ1) is 12.7. The number of fused-ring (bicyclic) bond motifs is 2. The molecule has 0 saturated heterocycles. The summed E-state index contributed by atoms with van der Waals surface area (Å²) in [5.74, 6) is 1.40. The summed E-state index contributed by atoms with van der Waals surface area (Å²) in [6.07, 6.45) is 1.56. The standard InChI is InChI=1S/C17H12BrN3O3S2/c18-11-6-14-13(23-9-24-14)5-10(11)7-19-21-16(22)8-25-17-20-12-3-1-2-4-15(12)26-17/h1-7H,8-9H2,(H,21,22)/b19-7-. The molecule has 26 heavy (non-hydrogen) atoms. The van der Waals surface area contributed by atoms with Gasteiger partial charge in [0.05, 0.1) is 22.2 Å². The van der Waals surface area contributed by atoms with Crippen molar-refractivity contribution in [1.29, 1.82) is 0 Å². The fraction of sp³-hybridized carbons (Fsp3) is 0.118. The van der Waals surface area contributed by atoms with Crippen LogP contribution in [0.1, 0.15) is 5.56 Å². The number of hydrogen-bond donors (Lipinski definition) is 1. The average Bonchev–Trinajstić information content (AvgIpc) is 3.25. The molecular formula is C17H12BrN3O3S2. The summed E-state index contributed by atoms with van der Waals surface area (Å²) in [4.78, 5) is 16.5. The Balaban J connectivity index is 1.33. The summed E-state index contributed by atoms with van der Waals surface area (Å²) < 4.78 is 13.4. The van der Waals surface area contributed by atoms with E-state index in [2.05, 4.69) is 31.4 Å². The van der Waals surface area contributed by atoms with E-state index in [0.29, 0.717) is 11.5 Å². The van der Waals surface area contributed by atoms with Crippen LogP contribution in [0.3, 0.4) is 0 Å². The minimum atomic E-state index is -0.192. The normalized spacial score (nSPS) is 12.8. The second-order valence-corrected chi connectivity index (χ2v) is 8.36. The monoisotopic (exact) mass is 449 g/mol. The number of rotatable bonds is 5. The van der Waals surface area contributed by atoms with Gasteiger partial charge in [-0.05, 0) is 40.2 Å². The Morgan fingerprint density at radius 1 is 1.35 bits per heavy atom. The molecule has 0 aliphatic carbocycles. The molecule has 0 unspecified atom stereocenters. The molecule has 9 heteroatoms. The highest BCUT2D eigenvalue weighted by Gasteiger charge is 2.15.